The number of benzene rings is 3. The molecule has 4 N–H and O–H groups in total. The van der Waals surface area contributed by atoms with E-state index in [0.29, 0.717) is 37.5 Å². The molecule has 11 heteroatoms. The number of carbonyl (C=O) groups is 6. The summed E-state index contributed by atoms with van der Waals surface area (Å²) in [6.45, 7) is 9.38. The molecule has 4 rings (SSSR count). The lowest BCUT2D eigenvalue weighted by molar-refractivity contribution is -0.131. The summed E-state index contributed by atoms with van der Waals surface area (Å²) < 4.78 is 0. The van der Waals surface area contributed by atoms with Gasteiger partial charge >= 0.3 is 0 Å². The van der Waals surface area contributed by atoms with Gasteiger partial charge < -0.3 is 30.9 Å². The lowest BCUT2D eigenvalue weighted by Gasteiger charge is -2.24. The molecule has 0 spiro atoms. The Morgan fingerprint density at radius 1 is 0.579 bits per heavy atom. The summed E-state index contributed by atoms with van der Waals surface area (Å²) in [7, 11) is 0. The first-order valence-corrected chi connectivity index (χ1v) is 19.6. The number of hydrogen-bond acceptors (Lipinski definition) is 7. The standard InChI is InChI=1S/C46H55N5O6/c1-30(2)43(45(56)48-38(28-52)25-34-10-7-6-8-11-34)51-42(55)23-20-35-18-21-40(47-27-35)37-13-9-12-36(24-37)26-39(29-53)49-46(57)44(31(3)4)50-41(54)22-19-33-16-14-32(5)15-17-33/h6-18,21,24,27-31,38-39,43-44H,19-20,22-23,25-26H2,1-5H3,(H,48,56)(H,49,57)(H,50,54)(H,51,55)/t38?,39?,43-,44-/m0/s1. The van der Waals surface area contributed by atoms with Crippen LogP contribution in [0.2, 0.25) is 0 Å². The first-order valence-electron chi connectivity index (χ1n) is 19.6. The Kier molecular flexibility index (Phi) is 16.8. The number of pyridine rings is 1. The Morgan fingerprint density at radius 3 is 1.60 bits per heavy atom. The molecule has 1 aromatic heterocycles. The lowest BCUT2D eigenvalue weighted by atomic mass is 9.99. The molecule has 3 aromatic carbocycles. The van der Waals surface area contributed by atoms with Gasteiger partial charge in [-0.2, -0.15) is 0 Å². The number of hydrogen-bond donors (Lipinski definition) is 4. The van der Waals surface area contributed by atoms with Crippen LogP contribution in [0, 0.1) is 18.8 Å². The van der Waals surface area contributed by atoms with Crippen LogP contribution < -0.4 is 21.3 Å². The van der Waals surface area contributed by atoms with Gasteiger partial charge in [0.05, 0.1) is 17.8 Å². The number of aryl methyl sites for hydroxylation is 3. The molecule has 0 saturated heterocycles. The second-order valence-corrected chi connectivity index (χ2v) is 15.2. The second kappa shape index (κ2) is 21.9. The molecule has 2 unspecified atom stereocenters. The number of nitrogens with zero attached hydrogens (tertiary/aromatic N) is 1. The Balaban J connectivity index is 1.28. The fourth-order valence-corrected chi connectivity index (χ4v) is 6.37. The van der Waals surface area contributed by atoms with Crippen molar-refractivity contribution in [3.63, 3.8) is 0 Å². The van der Waals surface area contributed by atoms with Crippen molar-refractivity contribution in [3.05, 3.63) is 125 Å². The van der Waals surface area contributed by atoms with Gasteiger partial charge in [0, 0.05) is 24.6 Å². The van der Waals surface area contributed by atoms with E-state index < -0.39 is 36.0 Å². The normalized spacial score (nSPS) is 13.2. The maximum absolute atomic E-state index is 13.3. The number of rotatable bonds is 21. The van der Waals surface area contributed by atoms with E-state index in [9.17, 15) is 28.8 Å². The Labute approximate surface area is 335 Å². The average molecular weight is 774 g/mol. The first-order chi connectivity index (χ1) is 27.3. The number of carbonyl (C=O) groups excluding carboxylic acids is 6. The third-order valence-corrected chi connectivity index (χ3v) is 9.72. The molecule has 4 atom stereocenters. The fraction of sp³-hybridized carbons (Fsp3) is 0.370. The average Bonchev–Trinajstić information content (AvgIpc) is 3.20. The molecule has 1 heterocycles. The predicted octanol–water partition coefficient (Wildman–Crippen LogP) is 5.06. The van der Waals surface area contributed by atoms with Gasteiger partial charge in [0.1, 0.15) is 24.7 Å². The van der Waals surface area contributed by atoms with Crippen molar-refractivity contribution in [1.82, 2.24) is 26.3 Å². The molecule has 4 aromatic rings. The molecule has 0 aliphatic rings. The Hall–Kier alpha value is -5.97. The van der Waals surface area contributed by atoms with Crippen molar-refractivity contribution in [2.45, 2.75) is 97.3 Å². The van der Waals surface area contributed by atoms with Crippen LogP contribution in [0.4, 0.5) is 0 Å². The third-order valence-electron chi connectivity index (χ3n) is 9.72. The summed E-state index contributed by atoms with van der Waals surface area (Å²) >= 11 is 0. The van der Waals surface area contributed by atoms with Gasteiger partial charge in [0.2, 0.25) is 23.6 Å². The molecular weight excluding hydrogens is 719 g/mol. The molecule has 0 fully saturated rings. The van der Waals surface area contributed by atoms with Crippen LogP contribution in [-0.2, 0) is 54.5 Å². The van der Waals surface area contributed by atoms with Crippen LogP contribution >= 0.6 is 0 Å². The maximum atomic E-state index is 13.3. The molecule has 57 heavy (non-hydrogen) atoms. The quantitative estimate of drug-likeness (QED) is 0.0861. The van der Waals surface area contributed by atoms with E-state index in [2.05, 4.69) is 26.3 Å². The monoisotopic (exact) mass is 773 g/mol. The van der Waals surface area contributed by atoms with E-state index in [1.54, 1.807) is 6.20 Å². The largest absolute Gasteiger partial charge is 0.344 e. The molecule has 11 nitrogen and oxygen atoms in total. The van der Waals surface area contributed by atoms with Gasteiger partial charge in [0.15, 0.2) is 0 Å². The van der Waals surface area contributed by atoms with Crippen molar-refractivity contribution in [1.29, 1.82) is 0 Å². The molecule has 0 bridgehead atoms. The van der Waals surface area contributed by atoms with E-state index >= 15 is 0 Å². The fourth-order valence-electron chi connectivity index (χ4n) is 6.37. The summed E-state index contributed by atoms with van der Waals surface area (Å²) in [5.41, 5.74) is 6.28. The number of aromatic nitrogens is 1. The number of aldehydes is 2. The predicted molar refractivity (Wildman–Crippen MR) is 221 cm³/mol. The minimum absolute atomic E-state index is 0.141. The highest BCUT2D eigenvalue weighted by Gasteiger charge is 2.27. The molecule has 0 saturated carbocycles. The minimum atomic E-state index is -0.804. The van der Waals surface area contributed by atoms with Crippen molar-refractivity contribution >= 4 is 36.2 Å². The zero-order chi connectivity index (χ0) is 41.3. The van der Waals surface area contributed by atoms with Gasteiger partial charge in [-0.15, -0.1) is 0 Å². The summed E-state index contributed by atoms with van der Waals surface area (Å²) in [6.07, 6.45) is 5.07. The highest BCUT2D eigenvalue weighted by molar-refractivity contribution is 5.90. The van der Waals surface area contributed by atoms with Crippen LogP contribution in [0.3, 0.4) is 0 Å². The van der Waals surface area contributed by atoms with Gasteiger partial charge in [-0.05, 0) is 78.8 Å². The van der Waals surface area contributed by atoms with Crippen LogP contribution in [0.5, 0.6) is 0 Å². The lowest BCUT2D eigenvalue weighted by Crippen LogP contribution is -2.52. The van der Waals surface area contributed by atoms with Crippen molar-refractivity contribution < 1.29 is 28.8 Å². The molecular formula is C46H55N5O6. The SMILES string of the molecule is Cc1ccc(CCC(=O)N[C@H](C(=O)NC(C=O)Cc2cccc(-c3ccc(CCC(=O)N[C@H](C(=O)NC(C=O)Cc4ccccc4)C(C)C)cn3)c2)C(C)C)cc1. The van der Waals surface area contributed by atoms with E-state index in [1.165, 1.54) is 0 Å². The van der Waals surface area contributed by atoms with E-state index in [4.69, 9.17) is 0 Å². The van der Waals surface area contributed by atoms with E-state index in [-0.39, 0.29) is 42.9 Å². The topological polar surface area (TPSA) is 163 Å². The number of nitrogens with one attached hydrogen (secondary N) is 4. The number of amides is 4. The maximum Gasteiger partial charge on any atom is 0.243 e. The minimum Gasteiger partial charge on any atom is -0.344 e. The molecule has 4 amide bonds. The summed E-state index contributed by atoms with van der Waals surface area (Å²) in [5.74, 6) is -1.73. The highest BCUT2D eigenvalue weighted by Crippen LogP contribution is 2.20. The zero-order valence-electron chi connectivity index (χ0n) is 33.5. The zero-order valence-corrected chi connectivity index (χ0v) is 33.5. The van der Waals surface area contributed by atoms with Crippen molar-refractivity contribution in [2.24, 2.45) is 11.8 Å². The Morgan fingerprint density at radius 2 is 1.09 bits per heavy atom. The van der Waals surface area contributed by atoms with Crippen molar-refractivity contribution in [3.8, 4) is 11.3 Å². The van der Waals surface area contributed by atoms with Gasteiger partial charge in [-0.3, -0.25) is 24.2 Å². The van der Waals surface area contributed by atoms with Gasteiger partial charge in [-0.25, -0.2) is 0 Å². The molecule has 0 aliphatic carbocycles. The van der Waals surface area contributed by atoms with E-state index in [0.717, 1.165) is 33.4 Å². The smallest absolute Gasteiger partial charge is 0.243 e. The second-order valence-electron chi connectivity index (χ2n) is 15.2. The summed E-state index contributed by atoms with van der Waals surface area (Å²) in [4.78, 5) is 80.5. The molecule has 300 valence electrons. The van der Waals surface area contributed by atoms with Crippen LogP contribution in [0.25, 0.3) is 11.3 Å². The van der Waals surface area contributed by atoms with Crippen molar-refractivity contribution in [2.75, 3.05) is 0 Å². The van der Waals surface area contributed by atoms with Crippen LogP contribution in [-0.4, -0.2) is 65.4 Å². The van der Waals surface area contributed by atoms with Crippen LogP contribution in [0.1, 0.15) is 68.4 Å². The first kappa shape index (κ1) is 43.8. The summed E-state index contributed by atoms with van der Waals surface area (Å²) in [6, 6.07) is 25.6. The van der Waals surface area contributed by atoms with Gasteiger partial charge in [0.25, 0.3) is 0 Å². The third kappa shape index (κ3) is 14.2. The Bertz CT molecular complexity index is 1950. The van der Waals surface area contributed by atoms with Crippen LogP contribution in [0.15, 0.2) is 97.2 Å². The highest BCUT2D eigenvalue weighted by atomic mass is 16.2. The van der Waals surface area contributed by atoms with Gasteiger partial charge in [-0.1, -0.05) is 112 Å². The molecule has 0 aliphatic heterocycles. The van der Waals surface area contributed by atoms with E-state index in [1.807, 2.05) is 126 Å². The summed E-state index contributed by atoms with van der Waals surface area (Å²) in [5, 5.41) is 11.3. The molecule has 0 radical (unpaired) electrons.